The fourth-order valence-corrected chi connectivity index (χ4v) is 3.26. The lowest BCUT2D eigenvalue weighted by molar-refractivity contribution is -0.0893. The highest BCUT2D eigenvalue weighted by atomic mass is 16.6. The van der Waals surface area contributed by atoms with Crippen molar-refractivity contribution in [3.8, 4) is 0 Å². The molecule has 0 radical (unpaired) electrons. The predicted octanol–water partition coefficient (Wildman–Crippen LogP) is 4.35. The molecule has 2 heterocycles. The second-order valence-corrected chi connectivity index (χ2v) is 7.70. The van der Waals surface area contributed by atoms with Crippen LogP contribution in [-0.2, 0) is 16.8 Å². The summed E-state index contributed by atoms with van der Waals surface area (Å²) in [4.78, 5) is 19.7. The number of H-pyrrole nitrogens is 1. The monoisotopic (exact) mass is 355 g/mol. The van der Waals surface area contributed by atoms with Crippen LogP contribution in [-0.4, -0.2) is 16.1 Å². The third kappa shape index (κ3) is 2.96. The number of primary amides is 1. The summed E-state index contributed by atoms with van der Waals surface area (Å²) in [6.45, 7) is 9.67. The van der Waals surface area contributed by atoms with Crippen molar-refractivity contribution in [1.82, 2.24) is 9.97 Å². The first-order valence-electron chi connectivity index (χ1n) is 8.62. The first kappa shape index (κ1) is 18.0. The van der Waals surface area contributed by atoms with Crippen LogP contribution in [0.2, 0.25) is 0 Å². The number of aromatic amines is 1. The molecule has 0 fully saturated rings. The largest absolute Gasteiger partial charge is 0.442 e. The van der Waals surface area contributed by atoms with Crippen LogP contribution in [0.1, 0.15) is 43.7 Å². The highest BCUT2D eigenvalue weighted by Gasteiger charge is 2.51. The Kier molecular flexibility index (Phi) is 4.30. The summed E-state index contributed by atoms with van der Waals surface area (Å²) in [6.07, 6.45) is 1.47. The number of benzene rings is 1. The average molecular weight is 355 g/mol. The maximum atomic E-state index is 11.8. The standard InChI is InChI=1S/C20H25N3O3/c1-12-13(2)25-17(23-12)20(19(3,4)5,26-18(21)24)10-14-11-22-16-9-7-6-8-15(14)16/h6-9,11,22H,10H2,1-5H3,(H2,21,24). The maximum Gasteiger partial charge on any atom is 0.405 e. The molecular weight excluding hydrogens is 330 g/mol. The molecule has 3 rings (SSSR count). The van der Waals surface area contributed by atoms with Gasteiger partial charge in [0.15, 0.2) is 5.60 Å². The van der Waals surface area contributed by atoms with Crippen molar-refractivity contribution in [3.63, 3.8) is 0 Å². The molecular formula is C20H25N3O3. The Labute approximate surface area is 152 Å². The summed E-state index contributed by atoms with van der Waals surface area (Å²) in [5.74, 6) is 1.06. The minimum Gasteiger partial charge on any atom is -0.442 e. The molecule has 3 N–H and O–H groups in total. The third-order valence-corrected chi connectivity index (χ3v) is 4.97. The number of aryl methyl sites for hydroxylation is 2. The second-order valence-electron chi connectivity index (χ2n) is 7.70. The fourth-order valence-electron chi connectivity index (χ4n) is 3.26. The van der Waals surface area contributed by atoms with E-state index in [2.05, 4.69) is 9.97 Å². The first-order valence-corrected chi connectivity index (χ1v) is 8.62. The van der Waals surface area contributed by atoms with Crippen molar-refractivity contribution in [3.05, 3.63) is 53.4 Å². The lowest BCUT2D eigenvalue weighted by atomic mass is 9.72. The molecule has 6 nitrogen and oxygen atoms in total. The zero-order chi connectivity index (χ0) is 19.1. The lowest BCUT2D eigenvalue weighted by Gasteiger charge is -2.40. The first-order chi connectivity index (χ1) is 12.1. The van der Waals surface area contributed by atoms with E-state index in [1.165, 1.54) is 0 Å². The van der Waals surface area contributed by atoms with E-state index >= 15 is 0 Å². The van der Waals surface area contributed by atoms with Crippen molar-refractivity contribution < 1.29 is 13.9 Å². The van der Waals surface area contributed by atoms with Gasteiger partial charge in [0.1, 0.15) is 5.76 Å². The Bertz CT molecular complexity index is 929. The number of amides is 1. The summed E-state index contributed by atoms with van der Waals surface area (Å²) < 4.78 is 11.7. The van der Waals surface area contributed by atoms with E-state index in [1.54, 1.807) is 0 Å². The van der Waals surface area contributed by atoms with E-state index < -0.39 is 17.1 Å². The van der Waals surface area contributed by atoms with E-state index in [1.807, 2.05) is 65.1 Å². The Morgan fingerprint density at radius 3 is 2.54 bits per heavy atom. The van der Waals surface area contributed by atoms with Gasteiger partial charge in [-0.25, -0.2) is 9.78 Å². The van der Waals surface area contributed by atoms with E-state index in [-0.39, 0.29) is 0 Å². The summed E-state index contributed by atoms with van der Waals surface area (Å²) in [7, 11) is 0. The molecule has 0 saturated carbocycles. The molecule has 0 spiro atoms. The molecule has 1 unspecified atom stereocenters. The smallest absolute Gasteiger partial charge is 0.405 e. The van der Waals surface area contributed by atoms with E-state index in [4.69, 9.17) is 14.9 Å². The summed E-state index contributed by atoms with van der Waals surface area (Å²) in [5, 5.41) is 1.06. The third-order valence-electron chi connectivity index (χ3n) is 4.97. The number of nitrogens with one attached hydrogen (secondary N) is 1. The van der Waals surface area contributed by atoms with Gasteiger partial charge in [0.2, 0.25) is 5.89 Å². The van der Waals surface area contributed by atoms with Gasteiger partial charge >= 0.3 is 6.09 Å². The fraction of sp³-hybridized carbons (Fsp3) is 0.400. The van der Waals surface area contributed by atoms with E-state index in [0.29, 0.717) is 18.1 Å². The molecule has 1 aromatic carbocycles. The zero-order valence-corrected chi connectivity index (χ0v) is 15.8. The van der Waals surface area contributed by atoms with Crippen LogP contribution >= 0.6 is 0 Å². The van der Waals surface area contributed by atoms with Crippen LogP contribution < -0.4 is 5.73 Å². The van der Waals surface area contributed by atoms with E-state index in [0.717, 1.165) is 22.2 Å². The summed E-state index contributed by atoms with van der Waals surface area (Å²) in [6, 6.07) is 7.99. The van der Waals surface area contributed by atoms with Gasteiger partial charge in [-0.1, -0.05) is 39.0 Å². The van der Waals surface area contributed by atoms with Crippen LogP contribution in [0.4, 0.5) is 4.79 Å². The molecule has 0 bridgehead atoms. The number of ether oxygens (including phenoxy) is 1. The van der Waals surface area contributed by atoms with Gasteiger partial charge in [0.05, 0.1) is 5.69 Å². The van der Waals surface area contributed by atoms with Crippen LogP contribution in [0.25, 0.3) is 10.9 Å². The molecule has 2 aromatic heterocycles. The highest BCUT2D eigenvalue weighted by Crippen LogP contribution is 2.46. The maximum absolute atomic E-state index is 11.8. The van der Waals surface area contributed by atoms with Gasteiger partial charge in [0.25, 0.3) is 0 Å². The van der Waals surface area contributed by atoms with Crippen molar-refractivity contribution >= 4 is 17.0 Å². The number of rotatable bonds is 4. The number of para-hydroxylation sites is 1. The number of fused-ring (bicyclic) bond motifs is 1. The number of nitrogens with zero attached hydrogens (tertiary/aromatic N) is 1. The number of aromatic nitrogens is 2. The Balaban J connectivity index is 2.20. The SMILES string of the molecule is Cc1nc(C(Cc2c[nH]c3ccccc23)(OC(N)=O)C(C)(C)C)oc1C. The minimum atomic E-state index is -1.14. The number of hydrogen-bond donors (Lipinski definition) is 2. The molecule has 0 aliphatic rings. The number of carbonyl (C=O) groups excluding carboxylic acids is 1. The van der Waals surface area contributed by atoms with Crippen LogP contribution in [0.5, 0.6) is 0 Å². The average Bonchev–Trinajstić information content (AvgIpc) is 3.09. The molecule has 6 heteroatoms. The van der Waals surface area contributed by atoms with Crippen molar-refractivity contribution in [2.24, 2.45) is 11.1 Å². The second kappa shape index (κ2) is 6.20. The molecule has 0 aliphatic heterocycles. The number of oxazole rings is 1. The number of nitrogens with two attached hydrogens (primary N) is 1. The predicted molar refractivity (Wildman–Crippen MR) is 99.8 cm³/mol. The van der Waals surface area contributed by atoms with Gasteiger partial charge in [-0.05, 0) is 25.5 Å². The van der Waals surface area contributed by atoms with Gasteiger partial charge in [-0.2, -0.15) is 0 Å². The topological polar surface area (TPSA) is 94.1 Å². The Hall–Kier alpha value is -2.76. The van der Waals surface area contributed by atoms with Crippen molar-refractivity contribution in [2.75, 3.05) is 0 Å². The van der Waals surface area contributed by atoms with Gasteiger partial charge in [-0.3, -0.25) is 0 Å². The van der Waals surface area contributed by atoms with Crippen molar-refractivity contribution in [2.45, 2.75) is 46.6 Å². The normalized spacial score (nSPS) is 14.3. The highest BCUT2D eigenvalue weighted by molar-refractivity contribution is 5.83. The summed E-state index contributed by atoms with van der Waals surface area (Å²) >= 11 is 0. The zero-order valence-electron chi connectivity index (χ0n) is 15.8. The molecule has 0 saturated heterocycles. The summed E-state index contributed by atoms with van der Waals surface area (Å²) in [5.41, 5.74) is 6.60. The quantitative estimate of drug-likeness (QED) is 0.727. The molecule has 3 aromatic rings. The lowest BCUT2D eigenvalue weighted by Crippen LogP contribution is -2.47. The number of hydrogen-bond acceptors (Lipinski definition) is 4. The van der Waals surface area contributed by atoms with Crippen LogP contribution in [0.15, 0.2) is 34.9 Å². The van der Waals surface area contributed by atoms with Gasteiger partial charge in [0, 0.05) is 28.9 Å². The van der Waals surface area contributed by atoms with Crippen LogP contribution in [0.3, 0.4) is 0 Å². The minimum absolute atomic E-state index is 0.365. The van der Waals surface area contributed by atoms with Gasteiger partial charge in [-0.15, -0.1) is 0 Å². The number of carbonyl (C=O) groups is 1. The Morgan fingerprint density at radius 2 is 1.96 bits per heavy atom. The van der Waals surface area contributed by atoms with E-state index in [9.17, 15) is 4.79 Å². The molecule has 138 valence electrons. The molecule has 26 heavy (non-hydrogen) atoms. The van der Waals surface area contributed by atoms with Crippen molar-refractivity contribution in [1.29, 1.82) is 0 Å². The van der Waals surface area contributed by atoms with Gasteiger partial charge < -0.3 is 19.9 Å². The molecule has 0 aliphatic carbocycles. The molecule has 1 atom stereocenters. The Morgan fingerprint density at radius 1 is 1.27 bits per heavy atom. The molecule has 1 amide bonds. The van der Waals surface area contributed by atoms with Crippen LogP contribution in [0, 0.1) is 19.3 Å².